The fraction of sp³-hybridized carbons (Fsp3) is 0.583. The standard InChI is InChI=1S/C12H21N/c1-6-11(5)8-12(7-2)9-13-10(3)4/h8-9H,6-7H2,1-5H3. The molecule has 0 saturated carbocycles. The lowest BCUT2D eigenvalue weighted by molar-refractivity contribution is 1.06. The van der Waals surface area contributed by atoms with E-state index in [9.17, 15) is 0 Å². The van der Waals surface area contributed by atoms with Crippen molar-refractivity contribution in [3.63, 3.8) is 0 Å². The highest BCUT2D eigenvalue weighted by Crippen LogP contribution is 2.09. The molecule has 0 radical (unpaired) electrons. The van der Waals surface area contributed by atoms with Gasteiger partial charge in [0.2, 0.25) is 0 Å². The molecule has 0 aromatic rings. The first-order chi connectivity index (χ1) is 6.10. The lowest BCUT2D eigenvalue weighted by Gasteiger charge is -1.98. The summed E-state index contributed by atoms with van der Waals surface area (Å²) in [6.07, 6.45) is 6.36. The van der Waals surface area contributed by atoms with E-state index < -0.39 is 0 Å². The van der Waals surface area contributed by atoms with E-state index in [1.54, 1.807) is 0 Å². The van der Waals surface area contributed by atoms with Crippen LogP contribution in [0.25, 0.3) is 0 Å². The second kappa shape index (κ2) is 6.64. The van der Waals surface area contributed by atoms with Crippen LogP contribution in [-0.4, -0.2) is 5.71 Å². The summed E-state index contributed by atoms with van der Waals surface area (Å²) >= 11 is 0. The highest BCUT2D eigenvalue weighted by Gasteiger charge is 1.89. The van der Waals surface area contributed by atoms with Crippen LogP contribution in [0.1, 0.15) is 47.5 Å². The van der Waals surface area contributed by atoms with E-state index in [4.69, 9.17) is 0 Å². The van der Waals surface area contributed by atoms with Crippen LogP contribution in [0.2, 0.25) is 0 Å². The molecule has 0 aromatic carbocycles. The van der Waals surface area contributed by atoms with Crippen LogP contribution < -0.4 is 0 Å². The Morgan fingerprint density at radius 3 is 2.08 bits per heavy atom. The molecule has 0 aromatic heterocycles. The third kappa shape index (κ3) is 6.32. The molecule has 0 atom stereocenters. The van der Waals surface area contributed by atoms with Gasteiger partial charge >= 0.3 is 0 Å². The first kappa shape index (κ1) is 12.2. The number of allylic oxidation sites excluding steroid dienone is 3. The number of nitrogens with zero attached hydrogens (tertiary/aromatic N) is 1. The van der Waals surface area contributed by atoms with Crippen molar-refractivity contribution in [1.29, 1.82) is 0 Å². The molecular weight excluding hydrogens is 158 g/mol. The fourth-order valence-corrected chi connectivity index (χ4v) is 0.861. The smallest absolute Gasteiger partial charge is 0.0298 e. The number of rotatable bonds is 4. The van der Waals surface area contributed by atoms with Crippen molar-refractivity contribution in [3.8, 4) is 0 Å². The molecule has 0 aliphatic carbocycles. The van der Waals surface area contributed by atoms with Gasteiger partial charge in [0.15, 0.2) is 0 Å². The Labute approximate surface area is 82.3 Å². The second-order valence-electron chi connectivity index (χ2n) is 3.48. The summed E-state index contributed by atoms with van der Waals surface area (Å²) in [5.74, 6) is 0. The lowest BCUT2D eigenvalue weighted by Crippen LogP contribution is -1.81. The van der Waals surface area contributed by atoms with E-state index in [0.29, 0.717) is 0 Å². The molecule has 0 fully saturated rings. The highest BCUT2D eigenvalue weighted by atomic mass is 14.7. The van der Waals surface area contributed by atoms with Gasteiger partial charge in [-0.05, 0) is 39.2 Å². The summed E-state index contributed by atoms with van der Waals surface area (Å²) in [6, 6.07) is 0. The molecule has 0 saturated heterocycles. The molecule has 0 rings (SSSR count). The van der Waals surface area contributed by atoms with Crippen LogP contribution in [0.4, 0.5) is 0 Å². The van der Waals surface area contributed by atoms with E-state index in [1.807, 2.05) is 20.0 Å². The van der Waals surface area contributed by atoms with E-state index in [-0.39, 0.29) is 0 Å². The third-order valence-electron chi connectivity index (χ3n) is 1.89. The quantitative estimate of drug-likeness (QED) is 0.455. The monoisotopic (exact) mass is 179 g/mol. The van der Waals surface area contributed by atoms with Gasteiger partial charge in [0.05, 0.1) is 0 Å². The van der Waals surface area contributed by atoms with Crippen LogP contribution in [0.5, 0.6) is 0 Å². The molecule has 0 aliphatic heterocycles. The molecule has 74 valence electrons. The van der Waals surface area contributed by atoms with Crippen molar-refractivity contribution in [1.82, 2.24) is 0 Å². The minimum Gasteiger partial charge on any atom is -0.266 e. The first-order valence-corrected chi connectivity index (χ1v) is 4.97. The summed E-state index contributed by atoms with van der Waals surface area (Å²) in [5, 5.41) is 0. The zero-order chi connectivity index (χ0) is 10.3. The summed E-state index contributed by atoms with van der Waals surface area (Å²) in [4.78, 5) is 4.29. The highest BCUT2D eigenvalue weighted by molar-refractivity contribution is 5.79. The van der Waals surface area contributed by atoms with Gasteiger partial charge in [-0.2, -0.15) is 0 Å². The van der Waals surface area contributed by atoms with Crippen molar-refractivity contribution < 1.29 is 0 Å². The summed E-state index contributed by atoms with van der Waals surface area (Å²) in [5.41, 5.74) is 3.83. The van der Waals surface area contributed by atoms with Crippen molar-refractivity contribution in [3.05, 3.63) is 23.4 Å². The van der Waals surface area contributed by atoms with Crippen LogP contribution >= 0.6 is 0 Å². The van der Waals surface area contributed by atoms with Gasteiger partial charge in [0.1, 0.15) is 0 Å². The molecule has 0 amide bonds. The van der Waals surface area contributed by atoms with E-state index in [1.165, 1.54) is 11.1 Å². The maximum atomic E-state index is 4.29. The van der Waals surface area contributed by atoms with Gasteiger partial charge < -0.3 is 0 Å². The van der Waals surface area contributed by atoms with Crippen molar-refractivity contribution >= 4 is 5.71 Å². The molecule has 0 bridgehead atoms. The van der Waals surface area contributed by atoms with Gasteiger partial charge in [-0.3, -0.25) is 4.99 Å². The SMILES string of the molecule is CCC(C)=CC(=CN=C(C)C)CC. The molecule has 0 unspecified atom stereocenters. The van der Waals surface area contributed by atoms with Gasteiger partial charge in [0, 0.05) is 11.9 Å². The van der Waals surface area contributed by atoms with E-state index >= 15 is 0 Å². The Hall–Kier alpha value is -0.850. The number of hydrogen-bond acceptors (Lipinski definition) is 1. The summed E-state index contributed by atoms with van der Waals surface area (Å²) in [6.45, 7) is 10.5. The first-order valence-electron chi connectivity index (χ1n) is 4.97. The largest absolute Gasteiger partial charge is 0.266 e. The Morgan fingerprint density at radius 2 is 1.69 bits per heavy atom. The Balaban J connectivity index is 4.52. The molecule has 1 heteroatoms. The summed E-state index contributed by atoms with van der Waals surface area (Å²) < 4.78 is 0. The zero-order valence-corrected chi connectivity index (χ0v) is 9.52. The topological polar surface area (TPSA) is 12.4 Å². The molecule has 1 nitrogen and oxygen atoms in total. The van der Waals surface area contributed by atoms with Gasteiger partial charge in [-0.15, -0.1) is 0 Å². The van der Waals surface area contributed by atoms with E-state index in [0.717, 1.165) is 18.6 Å². The van der Waals surface area contributed by atoms with Crippen molar-refractivity contribution in [2.45, 2.75) is 47.5 Å². The molecule has 0 N–H and O–H groups in total. The second-order valence-corrected chi connectivity index (χ2v) is 3.48. The average molecular weight is 179 g/mol. The maximum absolute atomic E-state index is 4.29. The van der Waals surface area contributed by atoms with Crippen LogP contribution in [-0.2, 0) is 0 Å². The molecular formula is C12H21N. The minimum absolute atomic E-state index is 1.05. The predicted molar refractivity (Wildman–Crippen MR) is 61.2 cm³/mol. The lowest BCUT2D eigenvalue weighted by atomic mass is 10.1. The minimum atomic E-state index is 1.05. The summed E-state index contributed by atoms with van der Waals surface area (Å²) in [7, 11) is 0. The van der Waals surface area contributed by atoms with Crippen LogP contribution in [0.3, 0.4) is 0 Å². The Morgan fingerprint density at radius 1 is 1.08 bits per heavy atom. The molecule has 0 spiro atoms. The van der Waals surface area contributed by atoms with Crippen molar-refractivity contribution in [2.75, 3.05) is 0 Å². The van der Waals surface area contributed by atoms with Crippen LogP contribution in [0.15, 0.2) is 28.4 Å². The maximum Gasteiger partial charge on any atom is 0.0298 e. The molecule has 13 heavy (non-hydrogen) atoms. The molecule has 0 heterocycles. The Bertz CT molecular complexity index is 228. The zero-order valence-electron chi connectivity index (χ0n) is 9.52. The van der Waals surface area contributed by atoms with Crippen LogP contribution in [0, 0.1) is 0 Å². The van der Waals surface area contributed by atoms with Gasteiger partial charge in [0.25, 0.3) is 0 Å². The third-order valence-corrected chi connectivity index (χ3v) is 1.89. The molecule has 0 aliphatic rings. The number of aliphatic imine (C=N–C) groups is 1. The van der Waals surface area contributed by atoms with Gasteiger partial charge in [-0.25, -0.2) is 0 Å². The van der Waals surface area contributed by atoms with Gasteiger partial charge in [-0.1, -0.05) is 25.5 Å². The normalized spacial score (nSPS) is 13.0. The average Bonchev–Trinajstić information content (AvgIpc) is 2.11. The fourth-order valence-electron chi connectivity index (χ4n) is 0.861. The van der Waals surface area contributed by atoms with Crippen molar-refractivity contribution in [2.24, 2.45) is 4.99 Å². The Kier molecular flexibility index (Phi) is 6.21. The predicted octanol–water partition coefficient (Wildman–Crippen LogP) is 4.12. The van der Waals surface area contributed by atoms with E-state index in [2.05, 4.69) is 31.8 Å². The number of hydrogen-bond donors (Lipinski definition) is 0.